The number of rotatable bonds is 4. The molecule has 14 heteroatoms. The summed E-state index contributed by atoms with van der Waals surface area (Å²) in [6.45, 7) is 0.572. The van der Waals surface area contributed by atoms with Crippen LogP contribution in [0.5, 0.6) is 0 Å². The third-order valence-electron chi connectivity index (χ3n) is 4.18. The maximum atomic E-state index is 10.6. The van der Waals surface area contributed by atoms with Gasteiger partial charge in [0, 0.05) is 37.1 Å². The first-order valence-electron chi connectivity index (χ1n) is 8.78. The SMILES string of the molecule is O=C(O)C(F)(F)F.O[C@@H]1[C@H](O)CS[C@H]1c1nnc2c(NCc3cccnc3)nccn12. The van der Waals surface area contributed by atoms with Crippen molar-refractivity contribution in [2.45, 2.75) is 30.2 Å². The zero-order chi connectivity index (χ0) is 22.6. The van der Waals surface area contributed by atoms with E-state index in [9.17, 15) is 23.4 Å². The van der Waals surface area contributed by atoms with E-state index in [1.807, 2.05) is 12.1 Å². The number of aliphatic carboxylic acids is 1. The molecule has 4 heterocycles. The molecule has 1 fully saturated rings. The second-order valence-corrected chi connectivity index (χ2v) is 7.53. The summed E-state index contributed by atoms with van der Waals surface area (Å²) in [6.07, 6.45) is 0.271. The number of alkyl halides is 3. The number of fused-ring (bicyclic) bond motifs is 1. The van der Waals surface area contributed by atoms with E-state index < -0.39 is 24.4 Å². The van der Waals surface area contributed by atoms with E-state index in [0.29, 0.717) is 29.6 Å². The number of carboxylic acid groups (broad SMARTS) is 1. The number of pyridine rings is 1. The minimum Gasteiger partial charge on any atom is -0.475 e. The van der Waals surface area contributed by atoms with Gasteiger partial charge in [0.15, 0.2) is 11.6 Å². The first-order valence-corrected chi connectivity index (χ1v) is 9.83. The second-order valence-electron chi connectivity index (χ2n) is 6.36. The Labute approximate surface area is 177 Å². The van der Waals surface area contributed by atoms with Crippen LogP contribution in [0.15, 0.2) is 36.9 Å². The lowest BCUT2D eigenvalue weighted by atomic mass is 10.1. The molecule has 1 saturated heterocycles. The topological polar surface area (TPSA) is 146 Å². The summed E-state index contributed by atoms with van der Waals surface area (Å²) in [6, 6.07) is 3.85. The number of carboxylic acids is 1. The standard InChI is InChI=1S/C15H16N6O2S.C2HF3O2/c22-10-8-24-12(11(10)23)14-19-20-15-13(17-4-5-21(14)15)18-7-9-2-1-3-16-6-9;3-2(4,5)1(6)7/h1-6,10-12,22-23H,7-8H2,(H,17,18);(H,6,7)/t10-,11-,12-;/m1./s1. The lowest BCUT2D eigenvalue weighted by molar-refractivity contribution is -0.192. The van der Waals surface area contributed by atoms with Crippen molar-refractivity contribution < 1.29 is 33.3 Å². The minimum atomic E-state index is -5.08. The predicted octanol–water partition coefficient (Wildman–Crippen LogP) is 1.27. The van der Waals surface area contributed by atoms with Gasteiger partial charge in [-0.1, -0.05) is 6.07 Å². The predicted molar refractivity (Wildman–Crippen MR) is 103 cm³/mol. The molecule has 31 heavy (non-hydrogen) atoms. The molecule has 166 valence electrons. The average molecular weight is 458 g/mol. The fourth-order valence-electron chi connectivity index (χ4n) is 2.68. The van der Waals surface area contributed by atoms with Crippen LogP contribution in [0.4, 0.5) is 19.0 Å². The molecule has 0 aromatic carbocycles. The second kappa shape index (κ2) is 9.45. The number of aromatic nitrogens is 5. The monoisotopic (exact) mass is 458 g/mol. The fraction of sp³-hybridized carbons (Fsp3) is 0.353. The number of hydrogen-bond donors (Lipinski definition) is 4. The molecule has 1 aliphatic rings. The third kappa shape index (κ3) is 5.39. The Morgan fingerprint density at radius 1 is 1.29 bits per heavy atom. The summed E-state index contributed by atoms with van der Waals surface area (Å²) >= 11 is 1.47. The van der Waals surface area contributed by atoms with Gasteiger partial charge in [-0.25, -0.2) is 9.78 Å². The van der Waals surface area contributed by atoms with Gasteiger partial charge in [0.05, 0.1) is 17.5 Å². The van der Waals surface area contributed by atoms with E-state index in [0.717, 1.165) is 5.56 Å². The van der Waals surface area contributed by atoms with E-state index in [-0.39, 0.29) is 5.25 Å². The van der Waals surface area contributed by atoms with Crippen molar-refractivity contribution in [1.29, 1.82) is 0 Å². The molecule has 10 nitrogen and oxygen atoms in total. The van der Waals surface area contributed by atoms with Crippen LogP contribution in [0.25, 0.3) is 5.65 Å². The Balaban J connectivity index is 0.000000339. The zero-order valence-electron chi connectivity index (χ0n) is 15.6. The van der Waals surface area contributed by atoms with Crippen LogP contribution >= 0.6 is 11.8 Å². The number of anilines is 1. The lowest BCUT2D eigenvalue weighted by Gasteiger charge is -2.13. The first-order chi connectivity index (χ1) is 14.7. The van der Waals surface area contributed by atoms with Crippen LogP contribution in [0, 0.1) is 0 Å². The van der Waals surface area contributed by atoms with Gasteiger partial charge in [-0.2, -0.15) is 13.2 Å². The van der Waals surface area contributed by atoms with Crippen LogP contribution in [0.3, 0.4) is 0 Å². The Kier molecular flexibility index (Phi) is 6.92. The van der Waals surface area contributed by atoms with Crippen molar-refractivity contribution in [1.82, 2.24) is 24.6 Å². The number of carbonyl (C=O) groups is 1. The van der Waals surface area contributed by atoms with E-state index in [2.05, 4.69) is 25.5 Å². The maximum Gasteiger partial charge on any atom is 0.490 e. The summed E-state index contributed by atoms with van der Waals surface area (Å²) in [5.74, 6) is -1.05. The van der Waals surface area contributed by atoms with Crippen molar-refractivity contribution in [2.24, 2.45) is 0 Å². The van der Waals surface area contributed by atoms with Gasteiger partial charge in [-0.15, -0.1) is 22.0 Å². The number of nitrogens with one attached hydrogen (secondary N) is 1. The van der Waals surface area contributed by atoms with Crippen molar-refractivity contribution in [2.75, 3.05) is 11.1 Å². The van der Waals surface area contributed by atoms with Crippen molar-refractivity contribution in [3.63, 3.8) is 0 Å². The summed E-state index contributed by atoms with van der Waals surface area (Å²) < 4.78 is 33.5. The number of hydrogen-bond acceptors (Lipinski definition) is 9. The zero-order valence-corrected chi connectivity index (χ0v) is 16.5. The normalized spacial score (nSPS) is 20.9. The largest absolute Gasteiger partial charge is 0.490 e. The summed E-state index contributed by atoms with van der Waals surface area (Å²) in [4.78, 5) is 17.3. The molecule has 1 aliphatic heterocycles. The molecular weight excluding hydrogens is 441 g/mol. The van der Waals surface area contributed by atoms with Gasteiger partial charge in [0.2, 0.25) is 5.65 Å². The van der Waals surface area contributed by atoms with Crippen molar-refractivity contribution >= 4 is 29.2 Å². The number of nitrogens with zero attached hydrogens (tertiary/aromatic N) is 5. The number of aliphatic hydroxyl groups excluding tert-OH is 2. The smallest absolute Gasteiger partial charge is 0.475 e. The van der Waals surface area contributed by atoms with Crippen LogP contribution in [-0.4, -0.2) is 70.0 Å². The van der Waals surface area contributed by atoms with Crippen LogP contribution < -0.4 is 5.32 Å². The molecule has 0 unspecified atom stereocenters. The number of aliphatic hydroxyl groups is 2. The Morgan fingerprint density at radius 2 is 2.03 bits per heavy atom. The van der Waals surface area contributed by atoms with E-state index in [1.165, 1.54) is 11.8 Å². The summed E-state index contributed by atoms with van der Waals surface area (Å²) in [5, 5.41) is 38.3. The molecule has 3 aromatic rings. The third-order valence-corrected chi connectivity index (χ3v) is 5.57. The Bertz CT molecular complexity index is 1040. The summed E-state index contributed by atoms with van der Waals surface area (Å²) in [7, 11) is 0. The van der Waals surface area contributed by atoms with E-state index >= 15 is 0 Å². The molecule has 0 spiro atoms. The number of thioether (sulfide) groups is 1. The first kappa shape index (κ1) is 22.7. The molecule has 0 amide bonds. The molecular formula is C17H17F3N6O4S. The van der Waals surface area contributed by atoms with E-state index in [1.54, 1.807) is 29.2 Å². The molecule has 3 atom stereocenters. The van der Waals surface area contributed by atoms with Crippen LogP contribution in [0.2, 0.25) is 0 Å². The molecule has 0 radical (unpaired) electrons. The minimum absolute atomic E-state index is 0.302. The maximum absolute atomic E-state index is 10.6. The Hall–Kier alpha value is -2.97. The van der Waals surface area contributed by atoms with Crippen LogP contribution in [0.1, 0.15) is 16.6 Å². The Morgan fingerprint density at radius 3 is 2.61 bits per heavy atom. The highest BCUT2D eigenvalue weighted by atomic mass is 32.2. The highest BCUT2D eigenvalue weighted by Crippen LogP contribution is 2.39. The molecule has 0 saturated carbocycles. The lowest BCUT2D eigenvalue weighted by Crippen LogP contribution is -2.25. The molecule has 0 bridgehead atoms. The quantitative estimate of drug-likeness (QED) is 0.451. The van der Waals surface area contributed by atoms with Crippen molar-refractivity contribution in [3.8, 4) is 0 Å². The van der Waals surface area contributed by atoms with Gasteiger partial charge >= 0.3 is 12.1 Å². The number of halogens is 3. The highest BCUT2D eigenvalue weighted by Gasteiger charge is 2.39. The molecule has 4 N–H and O–H groups in total. The average Bonchev–Trinajstić information content (AvgIpc) is 3.30. The van der Waals surface area contributed by atoms with Gasteiger partial charge in [-0.05, 0) is 11.6 Å². The van der Waals surface area contributed by atoms with Gasteiger partial charge in [-0.3, -0.25) is 9.38 Å². The fourth-order valence-corrected chi connectivity index (χ4v) is 3.97. The van der Waals surface area contributed by atoms with E-state index in [4.69, 9.17) is 9.90 Å². The van der Waals surface area contributed by atoms with Gasteiger partial charge < -0.3 is 20.6 Å². The van der Waals surface area contributed by atoms with Gasteiger partial charge in [0.1, 0.15) is 0 Å². The summed E-state index contributed by atoms with van der Waals surface area (Å²) in [5.41, 5.74) is 1.62. The van der Waals surface area contributed by atoms with Crippen LogP contribution in [-0.2, 0) is 11.3 Å². The molecule has 4 rings (SSSR count). The molecule has 3 aromatic heterocycles. The van der Waals surface area contributed by atoms with Gasteiger partial charge in [0.25, 0.3) is 0 Å². The van der Waals surface area contributed by atoms with Crippen molar-refractivity contribution in [3.05, 3.63) is 48.3 Å². The highest BCUT2D eigenvalue weighted by molar-refractivity contribution is 7.99. The molecule has 0 aliphatic carbocycles.